The molecule has 0 aromatic heterocycles. The van der Waals surface area contributed by atoms with Crippen molar-refractivity contribution in [3.63, 3.8) is 0 Å². The fraction of sp³-hybridized carbons (Fsp3) is 0.235. The SMILES string of the molecule is CS(=O)(=O)N1CCc2cc(C(=O)Nc3ccccc3C(F)(F)F)ccc21. The lowest BCUT2D eigenvalue weighted by Gasteiger charge is -2.17. The number of sulfonamides is 1. The zero-order valence-electron chi connectivity index (χ0n) is 13.7. The highest BCUT2D eigenvalue weighted by atomic mass is 32.2. The molecule has 0 unspecified atom stereocenters. The fourth-order valence-corrected chi connectivity index (χ4v) is 3.85. The van der Waals surface area contributed by atoms with Crippen LogP contribution in [0.4, 0.5) is 24.5 Å². The van der Waals surface area contributed by atoms with Crippen LogP contribution < -0.4 is 9.62 Å². The van der Waals surface area contributed by atoms with Crippen molar-refractivity contribution in [3.05, 3.63) is 59.2 Å². The van der Waals surface area contributed by atoms with E-state index in [2.05, 4.69) is 5.32 Å². The predicted molar refractivity (Wildman–Crippen MR) is 91.7 cm³/mol. The van der Waals surface area contributed by atoms with Gasteiger partial charge in [-0.2, -0.15) is 13.2 Å². The van der Waals surface area contributed by atoms with Gasteiger partial charge >= 0.3 is 6.18 Å². The average molecular weight is 384 g/mol. The zero-order chi connectivity index (χ0) is 19.1. The molecule has 0 radical (unpaired) electrons. The molecule has 0 saturated heterocycles. The van der Waals surface area contributed by atoms with Gasteiger partial charge in [0.05, 0.1) is 23.2 Å². The molecule has 0 saturated carbocycles. The van der Waals surface area contributed by atoms with Crippen LogP contribution in [-0.4, -0.2) is 27.1 Å². The van der Waals surface area contributed by atoms with E-state index < -0.39 is 27.7 Å². The van der Waals surface area contributed by atoms with E-state index in [0.717, 1.165) is 12.3 Å². The standard InChI is InChI=1S/C17H15F3N2O3S/c1-26(24,25)22-9-8-11-10-12(6-7-15(11)22)16(23)21-14-5-3-2-4-13(14)17(18,19)20/h2-7,10H,8-9H2,1H3,(H,21,23). The number of rotatable bonds is 3. The second kappa shape index (κ2) is 6.31. The molecule has 2 aromatic rings. The Morgan fingerprint density at radius 2 is 1.85 bits per heavy atom. The highest BCUT2D eigenvalue weighted by molar-refractivity contribution is 7.92. The van der Waals surface area contributed by atoms with Gasteiger partial charge in [-0.05, 0) is 42.3 Å². The molecule has 1 aliphatic rings. The summed E-state index contributed by atoms with van der Waals surface area (Å²) in [5.74, 6) is -0.692. The van der Waals surface area contributed by atoms with E-state index in [9.17, 15) is 26.4 Å². The Balaban J connectivity index is 1.88. The minimum Gasteiger partial charge on any atom is -0.321 e. The lowest BCUT2D eigenvalue weighted by molar-refractivity contribution is -0.136. The molecule has 9 heteroatoms. The van der Waals surface area contributed by atoms with Gasteiger partial charge in [0.2, 0.25) is 10.0 Å². The number of hydrogen-bond acceptors (Lipinski definition) is 3. The predicted octanol–water partition coefficient (Wildman–Crippen LogP) is 3.28. The lowest BCUT2D eigenvalue weighted by Crippen LogP contribution is -2.27. The molecule has 5 nitrogen and oxygen atoms in total. The summed E-state index contributed by atoms with van der Waals surface area (Å²) in [5, 5.41) is 2.28. The first-order chi connectivity index (χ1) is 12.1. The van der Waals surface area contributed by atoms with Crippen LogP contribution in [-0.2, 0) is 22.6 Å². The van der Waals surface area contributed by atoms with Crippen molar-refractivity contribution in [2.45, 2.75) is 12.6 Å². The van der Waals surface area contributed by atoms with Gasteiger partial charge in [-0.25, -0.2) is 8.42 Å². The fourth-order valence-electron chi connectivity index (χ4n) is 2.89. The van der Waals surface area contributed by atoms with Gasteiger partial charge in [-0.15, -0.1) is 0 Å². The first-order valence-electron chi connectivity index (χ1n) is 7.65. The molecule has 0 fully saturated rings. The van der Waals surface area contributed by atoms with Gasteiger partial charge in [0, 0.05) is 12.1 Å². The maximum Gasteiger partial charge on any atom is 0.418 e. The number of halogens is 3. The van der Waals surface area contributed by atoms with E-state index in [1.807, 2.05) is 0 Å². The monoisotopic (exact) mass is 384 g/mol. The maximum absolute atomic E-state index is 13.0. The van der Waals surface area contributed by atoms with Crippen LogP contribution >= 0.6 is 0 Å². The molecule has 1 heterocycles. The van der Waals surface area contributed by atoms with Crippen molar-refractivity contribution in [2.24, 2.45) is 0 Å². The second-order valence-corrected chi connectivity index (χ2v) is 7.83. The Kier molecular flexibility index (Phi) is 4.43. The zero-order valence-corrected chi connectivity index (χ0v) is 14.5. The number of fused-ring (bicyclic) bond motifs is 1. The smallest absolute Gasteiger partial charge is 0.321 e. The summed E-state index contributed by atoms with van der Waals surface area (Å²) in [6, 6.07) is 9.11. The molecule has 1 aliphatic heterocycles. The van der Waals surface area contributed by atoms with Crippen LogP contribution in [0.1, 0.15) is 21.5 Å². The summed E-state index contributed by atoms with van der Waals surface area (Å²) < 4.78 is 63.8. The van der Waals surface area contributed by atoms with Crippen molar-refractivity contribution in [2.75, 3.05) is 22.4 Å². The maximum atomic E-state index is 13.0. The molecule has 0 bridgehead atoms. The summed E-state index contributed by atoms with van der Waals surface area (Å²) in [4.78, 5) is 12.4. The molecule has 3 rings (SSSR count). The average Bonchev–Trinajstić information content (AvgIpc) is 2.97. The number of para-hydroxylation sites is 1. The Morgan fingerprint density at radius 1 is 1.15 bits per heavy atom. The van der Waals surface area contributed by atoms with E-state index in [4.69, 9.17) is 0 Å². The summed E-state index contributed by atoms with van der Waals surface area (Å²) in [6.07, 6.45) is -3.06. The summed E-state index contributed by atoms with van der Waals surface area (Å²) in [5.41, 5.74) is 0.0454. The third-order valence-electron chi connectivity index (χ3n) is 4.08. The summed E-state index contributed by atoms with van der Waals surface area (Å²) >= 11 is 0. The van der Waals surface area contributed by atoms with Crippen LogP contribution in [0.15, 0.2) is 42.5 Å². The highest BCUT2D eigenvalue weighted by Crippen LogP contribution is 2.35. The second-order valence-electron chi connectivity index (χ2n) is 5.93. The number of hydrogen-bond donors (Lipinski definition) is 1. The number of carbonyl (C=O) groups is 1. The van der Waals surface area contributed by atoms with E-state index in [1.165, 1.54) is 40.7 Å². The minimum absolute atomic E-state index is 0.163. The van der Waals surface area contributed by atoms with Gasteiger partial charge in [0.25, 0.3) is 5.91 Å². The molecule has 0 atom stereocenters. The number of benzene rings is 2. The van der Waals surface area contributed by atoms with Gasteiger partial charge in [-0.3, -0.25) is 9.10 Å². The van der Waals surface area contributed by atoms with E-state index >= 15 is 0 Å². The van der Waals surface area contributed by atoms with Crippen LogP contribution in [0, 0.1) is 0 Å². The number of alkyl halides is 3. The van der Waals surface area contributed by atoms with Crippen LogP contribution in [0.2, 0.25) is 0 Å². The molecule has 2 aromatic carbocycles. The largest absolute Gasteiger partial charge is 0.418 e. The first kappa shape index (κ1) is 18.2. The Morgan fingerprint density at radius 3 is 2.50 bits per heavy atom. The van der Waals surface area contributed by atoms with Crippen molar-refractivity contribution in [3.8, 4) is 0 Å². The molecule has 26 heavy (non-hydrogen) atoms. The molecule has 1 N–H and O–H groups in total. The minimum atomic E-state index is -4.59. The normalized spacial score (nSPS) is 14.2. The quantitative estimate of drug-likeness (QED) is 0.883. The van der Waals surface area contributed by atoms with Gasteiger partial charge in [0.15, 0.2) is 0 Å². The van der Waals surface area contributed by atoms with Crippen LogP contribution in [0.25, 0.3) is 0 Å². The highest BCUT2D eigenvalue weighted by Gasteiger charge is 2.34. The third kappa shape index (κ3) is 3.52. The number of nitrogens with one attached hydrogen (secondary N) is 1. The van der Waals surface area contributed by atoms with Crippen molar-refractivity contribution in [1.82, 2.24) is 0 Å². The number of carbonyl (C=O) groups excluding carboxylic acids is 1. The molecule has 138 valence electrons. The van der Waals surface area contributed by atoms with Gasteiger partial charge in [-0.1, -0.05) is 12.1 Å². The molecule has 0 spiro atoms. The summed E-state index contributed by atoms with van der Waals surface area (Å²) in [6.45, 7) is 0.274. The van der Waals surface area contributed by atoms with Crippen molar-refractivity contribution in [1.29, 1.82) is 0 Å². The van der Waals surface area contributed by atoms with E-state index in [-0.39, 0.29) is 17.8 Å². The van der Waals surface area contributed by atoms with Crippen molar-refractivity contribution < 1.29 is 26.4 Å². The van der Waals surface area contributed by atoms with Gasteiger partial charge < -0.3 is 5.32 Å². The van der Waals surface area contributed by atoms with Crippen molar-refractivity contribution >= 4 is 27.3 Å². The van der Waals surface area contributed by atoms with E-state index in [1.54, 1.807) is 0 Å². The van der Waals surface area contributed by atoms with E-state index in [0.29, 0.717) is 17.7 Å². The number of amides is 1. The molecule has 0 aliphatic carbocycles. The Hall–Kier alpha value is -2.55. The Bertz CT molecular complexity index is 971. The molecular formula is C17H15F3N2O3S. The topological polar surface area (TPSA) is 66.5 Å². The van der Waals surface area contributed by atoms with Crippen LogP contribution in [0.3, 0.4) is 0 Å². The lowest BCUT2D eigenvalue weighted by atomic mass is 10.1. The van der Waals surface area contributed by atoms with Gasteiger partial charge in [0.1, 0.15) is 0 Å². The van der Waals surface area contributed by atoms with Crippen LogP contribution in [0.5, 0.6) is 0 Å². The number of anilines is 2. The third-order valence-corrected chi connectivity index (χ3v) is 5.26. The molecular weight excluding hydrogens is 369 g/mol. The Labute approximate surface area is 148 Å². The summed E-state index contributed by atoms with van der Waals surface area (Å²) in [7, 11) is -3.41. The molecule has 1 amide bonds. The number of nitrogens with zero attached hydrogens (tertiary/aromatic N) is 1. The first-order valence-corrected chi connectivity index (χ1v) is 9.50.